The van der Waals surface area contributed by atoms with Gasteiger partial charge >= 0.3 is 0 Å². The predicted octanol–water partition coefficient (Wildman–Crippen LogP) is 0.445. The lowest BCUT2D eigenvalue weighted by Gasteiger charge is -2.14. The van der Waals surface area contributed by atoms with Gasteiger partial charge < -0.3 is 10.1 Å². The van der Waals surface area contributed by atoms with Crippen LogP contribution in [0, 0.1) is 0 Å². The first-order chi connectivity index (χ1) is 9.61. The molecule has 1 unspecified atom stereocenters. The first-order valence-electron chi connectivity index (χ1n) is 6.16. The number of hydrogen-bond donors (Lipinski definition) is 2. The Hall–Kier alpha value is -1.16. The fraction of sp³-hybridized carbons (Fsp3) is 0.500. The molecule has 0 aromatic heterocycles. The van der Waals surface area contributed by atoms with Gasteiger partial charge in [0, 0.05) is 27.0 Å². The average molecular weight is 336 g/mol. The number of benzene rings is 1. The molecule has 1 aromatic rings. The van der Waals surface area contributed by atoms with E-state index >= 15 is 0 Å². The molecule has 0 saturated carbocycles. The minimum absolute atomic E-state index is 0.0540. The third-order valence-electron chi connectivity index (χ3n) is 2.90. The van der Waals surface area contributed by atoms with E-state index in [1.807, 2.05) is 0 Å². The molecule has 9 heteroatoms. The normalized spacial score (nSPS) is 13.9. The molecule has 0 aliphatic heterocycles. The van der Waals surface area contributed by atoms with Crippen molar-refractivity contribution in [3.05, 3.63) is 18.2 Å². The minimum Gasteiger partial charge on any atom is -0.387 e. The highest BCUT2D eigenvalue weighted by Crippen LogP contribution is 2.24. The van der Waals surface area contributed by atoms with Crippen LogP contribution in [-0.4, -0.2) is 49.9 Å². The Morgan fingerprint density at radius 2 is 1.86 bits per heavy atom. The molecule has 0 radical (unpaired) electrons. The largest absolute Gasteiger partial charge is 0.387 e. The van der Waals surface area contributed by atoms with Gasteiger partial charge in [-0.25, -0.2) is 21.6 Å². The molecule has 0 spiro atoms. The first kappa shape index (κ1) is 17.9. The molecule has 0 heterocycles. The van der Waals surface area contributed by atoms with Crippen molar-refractivity contribution < 1.29 is 21.6 Å². The Labute approximate surface area is 125 Å². The molecule has 1 atom stereocenters. The quantitative estimate of drug-likeness (QED) is 0.749. The molecule has 0 aliphatic rings. The Bertz CT molecular complexity index is 698. The molecule has 0 bridgehead atoms. The Morgan fingerprint density at radius 3 is 2.33 bits per heavy atom. The van der Waals surface area contributed by atoms with Crippen LogP contribution in [0.1, 0.15) is 6.92 Å². The van der Waals surface area contributed by atoms with Gasteiger partial charge in [-0.15, -0.1) is 0 Å². The molecule has 0 saturated heterocycles. The summed E-state index contributed by atoms with van der Waals surface area (Å²) in [6.07, 6.45) is 0.731. The summed E-state index contributed by atoms with van der Waals surface area (Å²) >= 11 is 0. The number of ether oxygens (including phenoxy) is 1. The Kier molecular flexibility index (Phi) is 5.74. The maximum absolute atomic E-state index is 12.3. The highest BCUT2D eigenvalue weighted by Gasteiger charge is 2.21. The molecule has 7 nitrogen and oxygen atoms in total. The summed E-state index contributed by atoms with van der Waals surface area (Å²) in [6.45, 7) is 1.81. The number of sulfone groups is 1. The molecule has 2 N–H and O–H groups in total. The van der Waals surface area contributed by atoms with Crippen molar-refractivity contribution in [1.29, 1.82) is 0 Å². The van der Waals surface area contributed by atoms with Crippen molar-refractivity contribution in [2.24, 2.45) is 0 Å². The van der Waals surface area contributed by atoms with Gasteiger partial charge in [0.1, 0.15) is 4.90 Å². The van der Waals surface area contributed by atoms with Gasteiger partial charge in [0.2, 0.25) is 10.0 Å². The van der Waals surface area contributed by atoms with E-state index in [1.165, 1.54) is 19.2 Å². The average Bonchev–Trinajstić information content (AvgIpc) is 2.43. The third-order valence-corrected chi connectivity index (χ3v) is 5.48. The monoisotopic (exact) mass is 336 g/mol. The summed E-state index contributed by atoms with van der Waals surface area (Å²) in [4.78, 5) is -0.169. The van der Waals surface area contributed by atoms with Gasteiger partial charge in [0.15, 0.2) is 9.84 Å². The van der Waals surface area contributed by atoms with Crippen molar-refractivity contribution >= 4 is 25.5 Å². The number of hydrogen-bond acceptors (Lipinski definition) is 6. The summed E-state index contributed by atoms with van der Waals surface area (Å²) in [6, 6.07) is 3.92. The van der Waals surface area contributed by atoms with E-state index in [4.69, 9.17) is 4.74 Å². The summed E-state index contributed by atoms with van der Waals surface area (Å²) in [5.41, 5.74) is 0.319. The number of methoxy groups -OCH3 is 1. The van der Waals surface area contributed by atoms with Crippen LogP contribution in [0.2, 0.25) is 0 Å². The molecular weight excluding hydrogens is 316 g/mol. The molecule has 1 aromatic carbocycles. The SMILES string of the molecule is CNc1ccc(S(C)(=O)=O)cc1S(=O)(=O)NCC(C)OC. The van der Waals surface area contributed by atoms with E-state index in [-0.39, 0.29) is 22.4 Å². The third kappa shape index (κ3) is 4.67. The van der Waals surface area contributed by atoms with Crippen molar-refractivity contribution in [3.63, 3.8) is 0 Å². The van der Waals surface area contributed by atoms with Crippen LogP contribution >= 0.6 is 0 Å². The van der Waals surface area contributed by atoms with E-state index in [2.05, 4.69) is 10.0 Å². The summed E-state index contributed by atoms with van der Waals surface area (Å²) in [7, 11) is -4.30. The van der Waals surface area contributed by atoms with E-state index in [0.717, 1.165) is 12.3 Å². The van der Waals surface area contributed by atoms with Crippen LogP contribution in [0.4, 0.5) is 5.69 Å². The first-order valence-corrected chi connectivity index (χ1v) is 9.53. The van der Waals surface area contributed by atoms with Crippen molar-refractivity contribution in [3.8, 4) is 0 Å². The van der Waals surface area contributed by atoms with Crippen LogP contribution in [0.15, 0.2) is 28.0 Å². The fourth-order valence-electron chi connectivity index (χ4n) is 1.55. The molecule has 0 fully saturated rings. The lowest BCUT2D eigenvalue weighted by Crippen LogP contribution is -2.32. The number of anilines is 1. The summed E-state index contributed by atoms with van der Waals surface area (Å²) in [5.74, 6) is 0. The minimum atomic E-state index is -3.85. The molecular formula is C12H20N2O5S2. The molecule has 120 valence electrons. The van der Waals surface area contributed by atoms with Crippen molar-refractivity contribution in [2.45, 2.75) is 22.8 Å². The van der Waals surface area contributed by atoms with E-state index in [0.29, 0.717) is 5.69 Å². The number of nitrogens with one attached hydrogen (secondary N) is 2. The van der Waals surface area contributed by atoms with E-state index in [1.54, 1.807) is 14.0 Å². The highest BCUT2D eigenvalue weighted by atomic mass is 32.2. The van der Waals surface area contributed by atoms with Gasteiger partial charge in [0.25, 0.3) is 0 Å². The zero-order chi connectivity index (χ0) is 16.3. The zero-order valence-electron chi connectivity index (χ0n) is 12.4. The molecule has 0 aliphatic carbocycles. The van der Waals surface area contributed by atoms with E-state index < -0.39 is 19.9 Å². The lowest BCUT2D eigenvalue weighted by atomic mass is 10.3. The van der Waals surface area contributed by atoms with E-state index in [9.17, 15) is 16.8 Å². The Morgan fingerprint density at radius 1 is 1.24 bits per heavy atom. The molecule has 0 amide bonds. The summed E-state index contributed by atoms with van der Waals surface area (Å²) < 4.78 is 55.1. The Balaban J connectivity index is 3.26. The zero-order valence-corrected chi connectivity index (χ0v) is 14.0. The molecule has 1 rings (SSSR count). The smallest absolute Gasteiger partial charge is 0.242 e. The van der Waals surface area contributed by atoms with Gasteiger partial charge in [-0.1, -0.05) is 0 Å². The predicted molar refractivity (Wildman–Crippen MR) is 80.8 cm³/mol. The number of sulfonamides is 1. The summed E-state index contributed by atoms with van der Waals surface area (Å²) in [5, 5.41) is 2.74. The second kappa shape index (κ2) is 6.73. The fourth-order valence-corrected chi connectivity index (χ4v) is 3.62. The van der Waals surface area contributed by atoms with Gasteiger partial charge in [-0.3, -0.25) is 0 Å². The maximum atomic E-state index is 12.3. The molecule has 21 heavy (non-hydrogen) atoms. The van der Waals surface area contributed by atoms with Crippen LogP contribution in [0.3, 0.4) is 0 Å². The highest BCUT2D eigenvalue weighted by molar-refractivity contribution is 7.91. The van der Waals surface area contributed by atoms with Gasteiger partial charge in [-0.05, 0) is 25.1 Å². The second-order valence-electron chi connectivity index (χ2n) is 4.58. The van der Waals surface area contributed by atoms with Crippen molar-refractivity contribution in [1.82, 2.24) is 4.72 Å². The lowest BCUT2D eigenvalue weighted by molar-refractivity contribution is 0.122. The van der Waals surface area contributed by atoms with Crippen LogP contribution < -0.4 is 10.0 Å². The van der Waals surface area contributed by atoms with Gasteiger partial charge in [0.05, 0.1) is 16.7 Å². The van der Waals surface area contributed by atoms with Crippen molar-refractivity contribution in [2.75, 3.05) is 32.3 Å². The standard InChI is InChI=1S/C12H20N2O5S2/c1-9(19-3)8-14-21(17,18)12-7-10(20(4,15)16)5-6-11(12)13-2/h5-7,9,13-14H,8H2,1-4H3. The van der Waals surface area contributed by atoms with Crippen LogP contribution in [0.5, 0.6) is 0 Å². The van der Waals surface area contributed by atoms with Crippen LogP contribution in [0.25, 0.3) is 0 Å². The number of rotatable bonds is 7. The maximum Gasteiger partial charge on any atom is 0.242 e. The topological polar surface area (TPSA) is 102 Å². The van der Waals surface area contributed by atoms with Gasteiger partial charge in [-0.2, -0.15) is 0 Å². The van der Waals surface area contributed by atoms with Crippen LogP contribution in [-0.2, 0) is 24.6 Å². The second-order valence-corrected chi connectivity index (χ2v) is 8.33.